The van der Waals surface area contributed by atoms with Gasteiger partial charge in [0.15, 0.2) is 0 Å². The van der Waals surface area contributed by atoms with Crippen LogP contribution in [-0.4, -0.2) is 4.98 Å². The van der Waals surface area contributed by atoms with E-state index in [2.05, 4.69) is 4.98 Å². The molecule has 0 amide bonds. The van der Waals surface area contributed by atoms with Crippen LogP contribution in [-0.2, 0) is 0 Å². The Balaban J connectivity index is 3.34. The maximum absolute atomic E-state index is 8.64. The van der Waals surface area contributed by atoms with Gasteiger partial charge in [-0.05, 0) is 11.6 Å². The van der Waals surface area contributed by atoms with Gasteiger partial charge in [0, 0.05) is 31.1 Å². The summed E-state index contributed by atoms with van der Waals surface area (Å²) in [6.45, 7) is 0. The fraction of sp³-hybridized carbons (Fsp3) is 0.300. The van der Waals surface area contributed by atoms with Crippen molar-refractivity contribution in [2.45, 2.75) is 18.8 Å². The third kappa shape index (κ3) is 2.57. The normalized spacial score (nSPS) is 13.5. The number of hydrogen-bond acceptors (Lipinski definition) is 3. The maximum atomic E-state index is 8.64. The second kappa shape index (κ2) is 4.90. The van der Waals surface area contributed by atoms with Gasteiger partial charge in [-0.15, -0.1) is 0 Å². The van der Waals surface area contributed by atoms with Gasteiger partial charge < -0.3 is 0 Å². The van der Waals surface area contributed by atoms with Crippen molar-refractivity contribution >= 4 is 0 Å². The lowest BCUT2D eigenvalue weighted by atomic mass is 9.95. The van der Waals surface area contributed by atoms with Gasteiger partial charge in [0.2, 0.25) is 0 Å². The molecule has 0 aliphatic carbocycles. The number of pyridine rings is 1. The number of rotatable bonds is 3. The minimum absolute atomic E-state index is 0.0101. The summed E-state index contributed by atoms with van der Waals surface area (Å²) < 4.78 is 30.0. The van der Waals surface area contributed by atoms with Crippen LogP contribution < -0.4 is 0 Å². The molecule has 64 valence electrons. The first-order chi connectivity index (χ1) is 8.02. The molecule has 0 spiro atoms. The van der Waals surface area contributed by atoms with Gasteiger partial charge in [0.1, 0.15) is 0 Å². The Kier molecular flexibility index (Phi) is 1.88. The molecule has 3 heteroatoms. The fourth-order valence-electron chi connectivity index (χ4n) is 0.929. The Morgan fingerprint density at radius 1 is 1.46 bits per heavy atom. The van der Waals surface area contributed by atoms with Crippen molar-refractivity contribution in [1.29, 1.82) is 10.5 Å². The molecule has 0 aliphatic heterocycles. The van der Waals surface area contributed by atoms with Gasteiger partial charge in [-0.2, -0.15) is 10.5 Å². The lowest BCUT2D eigenvalue weighted by Crippen LogP contribution is -1.96. The molecule has 0 saturated heterocycles. The number of nitriles is 2. The molecule has 0 saturated carbocycles. The molecule has 0 bridgehead atoms. The molecule has 13 heavy (non-hydrogen) atoms. The molecule has 1 aromatic rings. The van der Waals surface area contributed by atoms with Gasteiger partial charge in [-0.25, -0.2) is 0 Å². The van der Waals surface area contributed by atoms with Gasteiger partial charge in [0.25, 0.3) is 0 Å². The minimum Gasteiger partial charge on any atom is -0.264 e. The van der Waals surface area contributed by atoms with Crippen LogP contribution in [0.2, 0.25) is 0 Å². The Morgan fingerprint density at radius 3 is 2.77 bits per heavy atom. The van der Waals surface area contributed by atoms with Crippen molar-refractivity contribution in [3.8, 4) is 12.1 Å². The molecule has 0 aliphatic rings. The molecule has 0 unspecified atom stereocenters. The lowest BCUT2D eigenvalue weighted by molar-refractivity contribution is 0.722. The fourth-order valence-corrected chi connectivity index (χ4v) is 0.929. The van der Waals surface area contributed by atoms with Crippen LogP contribution in [0, 0.1) is 22.7 Å². The van der Waals surface area contributed by atoms with Crippen LogP contribution in [0.3, 0.4) is 0 Å². The lowest BCUT2D eigenvalue weighted by Gasteiger charge is -2.07. The zero-order valence-corrected chi connectivity index (χ0v) is 6.83. The highest BCUT2D eigenvalue weighted by Crippen LogP contribution is 2.21. The summed E-state index contributed by atoms with van der Waals surface area (Å²) in [4.78, 5) is 3.53. The second-order valence-electron chi connectivity index (χ2n) is 2.42. The highest BCUT2D eigenvalue weighted by molar-refractivity contribution is 5.17. The zero-order valence-electron chi connectivity index (χ0n) is 10.8. The molecule has 1 heterocycles. The molecular formula is C10H9N3. The van der Waals surface area contributed by atoms with Crippen molar-refractivity contribution < 1.29 is 5.48 Å². The highest BCUT2D eigenvalue weighted by Gasteiger charge is 2.09. The standard InChI is InChI=1S/C10H9N3/c11-5-3-9(4-6-12)10-2-1-7-13-8-10/h1-2,7-9H,3-4H2/i1D,2D,7D,8D. The molecule has 0 fully saturated rings. The maximum Gasteiger partial charge on any atom is 0.0843 e. The van der Waals surface area contributed by atoms with E-state index >= 15 is 0 Å². The van der Waals surface area contributed by atoms with Crippen molar-refractivity contribution in [2.75, 3.05) is 0 Å². The number of aromatic nitrogens is 1. The van der Waals surface area contributed by atoms with Crippen LogP contribution in [0.4, 0.5) is 0 Å². The first-order valence-electron chi connectivity index (χ1n) is 5.71. The van der Waals surface area contributed by atoms with Crippen LogP contribution in [0.25, 0.3) is 0 Å². The van der Waals surface area contributed by atoms with Gasteiger partial charge in [0.05, 0.1) is 17.6 Å². The van der Waals surface area contributed by atoms with E-state index in [1.165, 1.54) is 0 Å². The molecule has 3 nitrogen and oxygen atoms in total. The quantitative estimate of drug-likeness (QED) is 0.705. The topological polar surface area (TPSA) is 60.5 Å². The summed E-state index contributed by atoms with van der Waals surface area (Å²) in [6, 6.07) is 3.11. The van der Waals surface area contributed by atoms with Crippen molar-refractivity contribution in [1.82, 2.24) is 4.98 Å². The number of nitrogens with zero attached hydrogens (tertiary/aromatic N) is 3. The van der Waals surface area contributed by atoms with Gasteiger partial charge in [-0.3, -0.25) is 4.98 Å². The Hall–Kier alpha value is -1.87. The van der Waals surface area contributed by atoms with E-state index < -0.39 is 12.1 Å². The van der Waals surface area contributed by atoms with E-state index in [-0.39, 0.29) is 36.7 Å². The molecule has 0 atom stereocenters. The van der Waals surface area contributed by atoms with E-state index in [0.29, 0.717) is 0 Å². The Morgan fingerprint density at radius 2 is 2.15 bits per heavy atom. The van der Waals surface area contributed by atoms with Crippen LogP contribution in [0.5, 0.6) is 0 Å². The molecular weight excluding hydrogens is 162 g/mol. The monoisotopic (exact) mass is 175 g/mol. The van der Waals surface area contributed by atoms with E-state index in [1.54, 1.807) is 0 Å². The Bertz CT molecular complexity index is 500. The van der Waals surface area contributed by atoms with Crippen molar-refractivity contribution in [3.63, 3.8) is 0 Å². The van der Waals surface area contributed by atoms with Gasteiger partial charge in [-0.1, -0.05) is 6.04 Å². The zero-order chi connectivity index (χ0) is 13.0. The molecule has 0 aromatic carbocycles. The predicted octanol–water partition coefficient (Wildman–Crippen LogP) is 1.99. The average Bonchev–Trinajstić information content (AvgIpc) is 2.27. The first kappa shape index (κ1) is 4.99. The van der Waals surface area contributed by atoms with Gasteiger partial charge >= 0.3 is 0 Å². The SMILES string of the molecule is [2H]c1nc([2H])c(C(CC#N)CC#N)c([2H])c1[2H]. The highest BCUT2D eigenvalue weighted by atomic mass is 14.6. The summed E-state index contributed by atoms with van der Waals surface area (Å²) in [6.07, 6.45) is -0.754. The predicted molar refractivity (Wildman–Crippen MR) is 47.4 cm³/mol. The van der Waals surface area contributed by atoms with Crippen molar-refractivity contribution in [3.05, 3.63) is 30.0 Å². The van der Waals surface area contributed by atoms with Crippen LogP contribution in [0.15, 0.2) is 24.4 Å². The van der Waals surface area contributed by atoms with E-state index in [0.717, 1.165) is 0 Å². The summed E-state index contributed by atoms with van der Waals surface area (Å²) in [5.41, 5.74) is 0.106. The molecule has 0 N–H and O–H groups in total. The Labute approximate surface area is 82.9 Å². The summed E-state index contributed by atoms with van der Waals surface area (Å²) in [5.74, 6) is -0.595. The third-order valence-electron chi connectivity index (χ3n) is 1.57. The first-order valence-corrected chi connectivity index (χ1v) is 3.71. The van der Waals surface area contributed by atoms with Crippen molar-refractivity contribution in [2.24, 2.45) is 0 Å². The van der Waals surface area contributed by atoms with E-state index in [1.807, 2.05) is 12.1 Å². The summed E-state index contributed by atoms with van der Waals surface area (Å²) in [7, 11) is 0. The number of hydrogen-bond donors (Lipinski definition) is 0. The van der Waals surface area contributed by atoms with E-state index in [9.17, 15) is 0 Å². The molecule has 1 aromatic heterocycles. The smallest absolute Gasteiger partial charge is 0.0843 e. The van der Waals surface area contributed by atoms with E-state index in [4.69, 9.17) is 16.0 Å². The second-order valence-corrected chi connectivity index (χ2v) is 2.42. The summed E-state index contributed by atoms with van der Waals surface area (Å²) >= 11 is 0. The van der Waals surface area contributed by atoms with Crippen LogP contribution >= 0.6 is 0 Å². The molecule has 1 rings (SSSR count). The minimum atomic E-state index is -0.595. The van der Waals surface area contributed by atoms with Crippen LogP contribution in [0.1, 0.15) is 29.8 Å². The largest absolute Gasteiger partial charge is 0.264 e. The average molecular weight is 175 g/mol. The summed E-state index contributed by atoms with van der Waals surface area (Å²) in [5, 5.41) is 17.3. The third-order valence-corrected chi connectivity index (χ3v) is 1.57. The molecule has 0 radical (unpaired) electrons.